The quantitative estimate of drug-likeness (QED) is 0.0432. The van der Waals surface area contributed by atoms with E-state index in [1.54, 1.807) is 50.2 Å². The lowest BCUT2D eigenvalue weighted by Gasteiger charge is -2.29. The fourth-order valence-electron chi connectivity index (χ4n) is 8.34. The van der Waals surface area contributed by atoms with E-state index >= 15 is 0 Å². The number of phenols is 2. The van der Waals surface area contributed by atoms with Gasteiger partial charge in [-0.3, -0.25) is 43.2 Å². The van der Waals surface area contributed by atoms with Crippen LogP contribution in [0.25, 0.3) is 0 Å². The summed E-state index contributed by atoms with van der Waals surface area (Å²) in [4.78, 5) is 126. The molecule has 9 amide bonds. The van der Waals surface area contributed by atoms with Gasteiger partial charge in [0.2, 0.25) is 53.2 Å². The van der Waals surface area contributed by atoms with Gasteiger partial charge in [-0.15, -0.1) is 0 Å². The third kappa shape index (κ3) is 20.4. The summed E-state index contributed by atoms with van der Waals surface area (Å²) >= 11 is 6.08. The van der Waals surface area contributed by atoms with Crippen molar-refractivity contribution in [1.82, 2.24) is 37.2 Å². The minimum Gasteiger partial charge on any atom is -0.508 e. The molecule has 0 bridgehead atoms. The maximum absolute atomic E-state index is 14.8. The number of carbonyl (C=O) groups is 9. The Hall–Kier alpha value is -7.38. The first-order chi connectivity index (χ1) is 38.1. The highest BCUT2D eigenvalue weighted by molar-refractivity contribution is 8.76. The van der Waals surface area contributed by atoms with E-state index in [-0.39, 0.29) is 60.7 Å². The number of benzene rings is 4. The molecule has 1 fully saturated rings. The van der Waals surface area contributed by atoms with Gasteiger partial charge in [0.1, 0.15) is 53.8 Å². The summed E-state index contributed by atoms with van der Waals surface area (Å²) in [6, 6.07) is 13.4. The van der Waals surface area contributed by atoms with Crippen LogP contribution < -0.4 is 60.2 Å². The summed E-state index contributed by atoms with van der Waals surface area (Å²) in [7, 11) is 2.02. The molecule has 1 unspecified atom stereocenters. The van der Waals surface area contributed by atoms with E-state index in [1.165, 1.54) is 60.7 Å². The van der Waals surface area contributed by atoms with E-state index < -0.39 is 107 Å². The van der Waals surface area contributed by atoms with Crippen LogP contribution in [0.1, 0.15) is 72.1 Å². The van der Waals surface area contributed by atoms with Gasteiger partial charge < -0.3 is 70.4 Å². The number of rotatable bonds is 20. The molecule has 4 aromatic carbocycles. The molecule has 80 heavy (non-hydrogen) atoms. The Morgan fingerprint density at radius 1 is 0.625 bits per heavy atom. The van der Waals surface area contributed by atoms with Crippen molar-refractivity contribution in [3.63, 3.8) is 0 Å². The molecule has 1 saturated heterocycles. The standard InChI is InChI=1S/C55H70ClN11O11S2/c1-30(2)46-55(78)66-45(53(76)62-41(48(60)71)25-33-11-19-37(68)20-12-33)29-80-79-28-44(65-49(72)39(58)24-31-9-17-36(56)18-10-31)54(77)64-43(27-34-13-21-38(69)22-14-34)52(75)63-42(26-32-7-15-35(16-8-32)47(59)70)51(74)61-40(50(73)67-46)6-4-3-5-23-57/h7-22,30,39-46,68-69H,3-6,23-29,57-58H2,1-2H3,(H2,59,70)(H2,60,71)(H,61,74)(H,62,76)(H,63,75)(H,64,77)(H,65,72)(H,66,78)(H,67,73)/t39-,40-,41?,42+,43-,44+,45-,46-/m0/s1. The van der Waals surface area contributed by atoms with Crippen molar-refractivity contribution in [2.45, 2.75) is 114 Å². The summed E-state index contributed by atoms with van der Waals surface area (Å²) in [5.74, 6) is -8.50. The Bertz CT molecular complexity index is 2780. The molecule has 1 heterocycles. The van der Waals surface area contributed by atoms with E-state index in [0.29, 0.717) is 53.1 Å². The van der Waals surface area contributed by atoms with E-state index in [2.05, 4.69) is 37.2 Å². The van der Waals surface area contributed by atoms with Crippen LogP contribution in [0.2, 0.25) is 5.02 Å². The topological polar surface area (TPSA) is 382 Å². The SMILES string of the molecule is CC(C)[C@@H]1NC(=O)[C@H](CCCCCN)NC(=O)[C@@H](Cc2ccc(C(N)=O)cc2)NC(=O)[C@H](Cc2ccc(O)cc2)NC(=O)[C@H](NC(=O)[C@@H](N)Cc2ccc(Cl)cc2)CSSC[C@@H](C(=O)NC(Cc2ccc(O)cc2)C(N)=O)NC1=O. The minimum atomic E-state index is -1.46. The van der Waals surface area contributed by atoms with Gasteiger partial charge in [-0.25, -0.2) is 0 Å². The zero-order chi connectivity index (χ0) is 58.5. The third-order valence-electron chi connectivity index (χ3n) is 13.0. The Morgan fingerprint density at radius 3 is 1.68 bits per heavy atom. The van der Waals surface area contributed by atoms with Crippen LogP contribution in [-0.2, 0) is 64.0 Å². The van der Waals surface area contributed by atoms with Crippen molar-refractivity contribution < 1.29 is 53.4 Å². The highest BCUT2D eigenvalue weighted by Gasteiger charge is 2.36. The molecule has 0 saturated carbocycles. The second-order valence-electron chi connectivity index (χ2n) is 19.7. The van der Waals surface area contributed by atoms with E-state index in [0.717, 1.165) is 21.6 Å². The predicted molar refractivity (Wildman–Crippen MR) is 305 cm³/mol. The van der Waals surface area contributed by atoms with Crippen LogP contribution in [0, 0.1) is 5.92 Å². The summed E-state index contributed by atoms with van der Waals surface area (Å²) < 4.78 is 0. The van der Waals surface area contributed by atoms with Crippen molar-refractivity contribution in [1.29, 1.82) is 0 Å². The first-order valence-corrected chi connectivity index (χ1v) is 28.8. The molecule has 1 aliphatic rings. The van der Waals surface area contributed by atoms with Crippen LogP contribution >= 0.6 is 33.2 Å². The number of halogens is 1. The molecule has 0 aliphatic carbocycles. The number of phenolic OH excluding ortho intramolecular Hbond substituents is 2. The molecule has 17 N–H and O–H groups in total. The van der Waals surface area contributed by atoms with Gasteiger partial charge in [0, 0.05) is 41.4 Å². The average molecular weight is 1160 g/mol. The van der Waals surface area contributed by atoms with Crippen LogP contribution in [-0.4, -0.2) is 130 Å². The van der Waals surface area contributed by atoms with Gasteiger partial charge in [0.25, 0.3) is 0 Å². The Balaban J connectivity index is 1.58. The third-order valence-corrected chi connectivity index (χ3v) is 15.6. The number of carbonyl (C=O) groups excluding carboxylic acids is 9. The predicted octanol–water partition coefficient (Wildman–Crippen LogP) is 0.897. The van der Waals surface area contributed by atoms with Gasteiger partial charge in [-0.1, -0.05) is 108 Å². The van der Waals surface area contributed by atoms with Gasteiger partial charge in [-0.2, -0.15) is 0 Å². The monoisotopic (exact) mass is 1160 g/mol. The fourth-order valence-corrected chi connectivity index (χ4v) is 10.8. The maximum atomic E-state index is 14.8. The van der Waals surface area contributed by atoms with Crippen molar-refractivity contribution in [2.24, 2.45) is 28.9 Å². The normalized spacial score (nSPS) is 20.6. The van der Waals surface area contributed by atoms with Gasteiger partial charge in [0.05, 0.1) is 6.04 Å². The lowest BCUT2D eigenvalue weighted by atomic mass is 9.99. The Morgan fingerprint density at radius 2 is 1.12 bits per heavy atom. The van der Waals surface area contributed by atoms with Crippen molar-refractivity contribution in [3.05, 3.63) is 130 Å². The minimum absolute atomic E-state index is 0.0322. The molecule has 0 spiro atoms. The number of primary amides is 2. The van der Waals surface area contributed by atoms with Crippen molar-refractivity contribution >= 4 is 86.4 Å². The first kappa shape index (κ1) is 63.5. The van der Waals surface area contributed by atoms with Crippen molar-refractivity contribution in [3.8, 4) is 11.5 Å². The summed E-state index contributed by atoms with van der Waals surface area (Å²) in [6.07, 6.45) is 1.17. The molecule has 25 heteroatoms. The molecule has 4 aromatic rings. The van der Waals surface area contributed by atoms with Crippen LogP contribution in [0.3, 0.4) is 0 Å². The number of nitrogens with two attached hydrogens (primary N) is 4. The number of amides is 9. The van der Waals surface area contributed by atoms with Gasteiger partial charge in [-0.05, 0) is 103 Å². The highest BCUT2D eigenvalue weighted by atomic mass is 35.5. The molecule has 8 atom stereocenters. The zero-order valence-electron chi connectivity index (χ0n) is 44.3. The molecular weight excluding hydrogens is 1090 g/mol. The number of unbranched alkanes of at least 4 members (excludes halogenated alkanes) is 2. The lowest BCUT2D eigenvalue weighted by molar-refractivity contribution is -0.136. The maximum Gasteiger partial charge on any atom is 0.248 e. The second-order valence-corrected chi connectivity index (χ2v) is 22.6. The first-order valence-electron chi connectivity index (χ1n) is 25.9. The second kappa shape index (κ2) is 31.4. The van der Waals surface area contributed by atoms with E-state index in [9.17, 15) is 53.4 Å². The molecule has 0 aromatic heterocycles. The van der Waals surface area contributed by atoms with Crippen LogP contribution in [0.4, 0.5) is 0 Å². The Kier molecular flexibility index (Phi) is 24.9. The molecule has 1 aliphatic heterocycles. The Labute approximate surface area is 476 Å². The molecular formula is C55H70ClN11O11S2. The summed E-state index contributed by atoms with van der Waals surface area (Å²) in [5.41, 5.74) is 25.7. The van der Waals surface area contributed by atoms with E-state index in [4.69, 9.17) is 34.5 Å². The lowest BCUT2D eigenvalue weighted by Crippen LogP contribution is -2.61. The summed E-state index contributed by atoms with van der Waals surface area (Å²) in [5, 5.41) is 39.5. The molecule has 22 nitrogen and oxygen atoms in total. The van der Waals surface area contributed by atoms with Crippen molar-refractivity contribution in [2.75, 3.05) is 18.1 Å². The van der Waals surface area contributed by atoms with Gasteiger partial charge >= 0.3 is 0 Å². The fraction of sp³-hybridized carbons (Fsp3) is 0.400. The number of nitrogens with one attached hydrogen (secondary N) is 7. The van der Waals surface area contributed by atoms with Crippen LogP contribution in [0.15, 0.2) is 97.1 Å². The highest BCUT2D eigenvalue weighted by Crippen LogP contribution is 2.25. The summed E-state index contributed by atoms with van der Waals surface area (Å²) in [6.45, 7) is 3.67. The zero-order valence-corrected chi connectivity index (χ0v) is 46.7. The van der Waals surface area contributed by atoms with E-state index in [1.807, 2.05) is 0 Å². The number of hydrogen-bond acceptors (Lipinski definition) is 15. The average Bonchev–Trinajstić information content (AvgIpc) is 3.42. The molecule has 0 radical (unpaired) electrons. The van der Waals surface area contributed by atoms with Crippen LogP contribution in [0.5, 0.6) is 11.5 Å². The number of aromatic hydroxyl groups is 2. The largest absolute Gasteiger partial charge is 0.508 e. The molecule has 430 valence electrons. The van der Waals surface area contributed by atoms with Gasteiger partial charge in [0.15, 0.2) is 0 Å². The smallest absolute Gasteiger partial charge is 0.248 e. The molecule has 5 rings (SSSR count). The number of hydrogen-bond donors (Lipinski definition) is 13.